The van der Waals surface area contributed by atoms with E-state index in [1.807, 2.05) is 0 Å². The van der Waals surface area contributed by atoms with Crippen molar-refractivity contribution in [2.75, 3.05) is 13.1 Å². The molecule has 0 amide bonds. The second-order valence-corrected chi connectivity index (χ2v) is 7.32. The number of rotatable bonds is 2. The van der Waals surface area contributed by atoms with Crippen LogP contribution in [0.3, 0.4) is 0 Å². The molecular formula is C13H17NO4S. The molecule has 3 unspecified atom stereocenters. The number of sulfonamides is 1. The van der Waals surface area contributed by atoms with Crippen molar-refractivity contribution in [2.45, 2.75) is 23.8 Å². The largest absolute Gasteiger partial charge is 0.508 e. The first kappa shape index (κ1) is 12.9. The fraction of sp³-hybridized carbons (Fsp3) is 0.538. The Bertz CT molecular complexity index is 569. The maximum atomic E-state index is 12.4. The van der Waals surface area contributed by atoms with Gasteiger partial charge in [-0.1, -0.05) is 0 Å². The van der Waals surface area contributed by atoms with Gasteiger partial charge in [0.25, 0.3) is 0 Å². The number of benzene rings is 1. The molecular weight excluding hydrogens is 266 g/mol. The topological polar surface area (TPSA) is 77.8 Å². The van der Waals surface area contributed by atoms with E-state index in [0.717, 1.165) is 12.8 Å². The normalized spacial score (nSPS) is 31.5. The summed E-state index contributed by atoms with van der Waals surface area (Å²) in [5, 5.41) is 19.0. The Morgan fingerprint density at radius 3 is 2.42 bits per heavy atom. The zero-order valence-electron chi connectivity index (χ0n) is 10.4. The molecule has 1 saturated carbocycles. The first-order chi connectivity index (χ1) is 8.98. The molecule has 1 aromatic carbocycles. The summed E-state index contributed by atoms with van der Waals surface area (Å²) in [6.07, 6.45) is 1.31. The lowest BCUT2D eigenvalue weighted by atomic mass is 10.00. The van der Waals surface area contributed by atoms with Gasteiger partial charge in [-0.3, -0.25) is 0 Å². The van der Waals surface area contributed by atoms with E-state index < -0.39 is 10.0 Å². The molecule has 19 heavy (non-hydrogen) atoms. The summed E-state index contributed by atoms with van der Waals surface area (Å²) in [6, 6.07) is 5.57. The summed E-state index contributed by atoms with van der Waals surface area (Å²) in [4.78, 5) is 0.194. The molecule has 6 heteroatoms. The average Bonchev–Trinajstić information content (AvgIpc) is 2.93. The number of fused-ring (bicyclic) bond motifs is 1. The Balaban J connectivity index is 1.84. The molecule has 2 aliphatic rings. The molecule has 1 saturated heterocycles. The van der Waals surface area contributed by atoms with Crippen LogP contribution in [0.2, 0.25) is 0 Å². The Morgan fingerprint density at radius 2 is 1.79 bits per heavy atom. The average molecular weight is 283 g/mol. The van der Waals surface area contributed by atoms with Gasteiger partial charge in [-0.2, -0.15) is 4.31 Å². The summed E-state index contributed by atoms with van der Waals surface area (Å²) in [6.45, 7) is 0.889. The van der Waals surface area contributed by atoms with Crippen LogP contribution in [0.15, 0.2) is 29.2 Å². The Hall–Kier alpha value is -1.11. The number of hydrogen-bond donors (Lipinski definition) is 2. The van der Waals surface area contributed by atoms with E-state index in [0.29, 0.717) is 13.1 Å². The summed E-state index contributed by atoms with van der Waals surface area (Å²) >= 11 is 0. The predicted molar refractivity (Wildman–Crippen MR) is 69.1 cm³/mol. The number of hydrogen-bond acceptors (Lipinski definition) is 4. The van der Waals surface area contributed by atoms with E-state index in [1.165, 1.54) is 28.6 Å². The third-order valence-corrected chi connectivity index (χ3v) is 6.11. The Labute approximate surface area is 112 Å². The fourth-order valence-electron chi connectivity index (χ4n) is 3.16. The van der Waals surface area contributed by atoms with Gasteiger partial charge in [-0.15, -0.1) is 0 Å². The highest BCUT2D eigenvalue weighted by Gasteiger charge is 2.45. The number of phenolic OH excluding ortho intramolecular Hbond substituents is 1. The van der Waals surface area contributed by atoms with Crippen molar-refractivity contribution in [3.63, 3.8) is 0 Å². The quantitative estimate of drug-likeness (QED) is 0.841. The predicted octanol–water partition coefficient (Wildman–Crippen LogP) is 0.784. The number of aliphatic hydroxyl groups is 1. The monoisotopic (exact) mass is 283 g/mol. The molecule has 0 spiro atoms. The van der Waals surface area contributed by atoms with Crippen LogP contribution in [0.1, 0.15) is 12.8 Å². The molecule has 0 bridgehead atoms. The molecule has 5 nitrogen and oxygen atoms in total. The molecule has 3 rings (SSSR count). The third-order valence-electron chi connectivity index (χ3n) is 4.26. The van der Waals surface area contributed by atoms with E-state index in [-0.39, 0.29) is 28.6 Å². The van der Waals surface area contributed by atoms with Crippen LogP contribution in [0.4, 0.5) is 0 Å². The van der Waals surface area contributed by atoms with E-state index >= 15 is 0 Å². The van der Waals surface area contributed by atoms with Gasteiger partial charge < -0.3 is 10.2 Å². The second kappa shape index (κ2) is 4.47. The highest BCUT2D eigenvalue weighted by Crippen LogP contribution is 2.40. The van der Waals surface area contributed by atoms with Crippen LogP contribution in [-0.4, -0.2) is 42.1 Å². The van der Waals surface area contributed by atoms with Gasteiger partial charge in [0, 0.05) is 19.0 Å². The Kier molecular flexibility index (Phi) is 3.03. The van der Waals surface area contributed by atoms with Gasteiger partial charge in [-0.05, 0) is 43.0 Å². The second-order valence-electron chi connectivity index (χ2n) is 5.38. The summed E-state index contributed by atoms with van der Waals surface area (Å²) in [5.74, 6) is 0.404. The SMILES string of the molecule is O=S(=O)(c1ccc(O)cc1)N1CC2CCC(O)C2C1. The molecule has 2 N–H and O–H groups in total. The van der Waals surface area contributed by atoms with Crippen molar-refractivity contribution >= 4 is 10.0 Å². The molecule has 0 radical (unpaired) electrons. The van der Waals surface area contributed by atoms with Crippen molar-refractivity contribution in [1.82, 2.24) is 4.31 Å². The minimum Gasteiger partial charge on any atom is -0.508 e. The first-order valence-electron chi connectivity index (χ1n) is 6.46. The van der Waals surface area contributed by atoms with Crippen molar-refractivity contribution in [1.29, 1.82) is 0 Å². The summed E-state index contributed by atoms with van der Waals surface area (Å²) in [5.41, 5.74) is 0. The standard InChI is InChI=1S/C13H17NO4S/c15-10-2-4-11(5-3-10)19(17,18)14-7-9-1-6-13(16)12(9)8-14/h2-5,9,12-13,15-16H,1,6-8H2. The van der Waals surface area contributed by atoms with Crippen molar-refractivity contribution < 1.29 is 18.6 Å². The lowest BCUT2D eigenvalue weighted by Gasteiger charge is -2.18. The number of nitrogens with zero attached hydrogens (tertiary/aromatic N) is 1. The van der Waals surface area contributed by atoms with Gasteiger partial charge in [0.15, 0.2) is 0 Å². The van der Waals surface area contributed by atoms with Crippen LogP contribution in [0.25, 0.3) is 0 Å². The highest BCUT2D eigenvalue weighted by atomic mass is 32.2. The van der Waals surface area contributed by atoms with Crippen LogP contribution in [-0.2, 0) is 10.0 Å². The zero-order chi connectivity index (χ0) is 13.6. The van der Waals surface area contributed by atoms with E-state index in [9.17, 15) is 18.6 Å². The molecule has 1 aliphatic heterocycles. The molecule has 1 aromatic rings. The van der Waals surface area contributed by atoms with Crippen LogP contribution in [0, 0.1) is 11.8 Å². The minimum absolute atomic E-state index is 0.0488. The van der Waals surface area contributed by atoms with Crippen LogP contribution >= 0.6 is 0 Å². The molecule has 1 aliphatic carbocycles. The first-order valence-corrected chi connectivity index (χ1v) is 7.90. The third kappa shape index (κ3) is 2.13. The molecule has 104 valence electrons. The van der Waals surface area contributed by atoms with Crippen LogP contribution < -0.4 is 0 Å². The van der Waals surface area contributed by atoms with Gasteiger partial charge >= 0.3 is 0 Å². The van der Waals surface area contributed by atoms with Gasteiger partial charge in [0.1, 0.15) is 5.75 Å². The fourth-order valence-corrected chi connectivity index (χ4v) is 4.69. The maximum Gasteiger partial charge on any atom is 0.243 e. The lowest BCUT2D eigenvalue weighted by Crippen LogP contribution is -2.31. The summed E-state index contributed by atoms with van der Waals surface area (Å²) < 4.78 is 26.3. The Morgan fingerprint density at radius 1 is 1.11 bits per heavy atom. The van der Waals surface area contributed by atoms with E-state index in [1.54, 1.807) is 0 Å². The highest BCUT2D eigenvalue weighted by molar-refractivity contribution is 7.89. The van der Waals surface area contributed by atoms with Crippen LogP contribution in [0.5, 0.6) is 5.75 Å². The zero-order valence-corrected chi connectivity index (χ0v) is 11.3. The minimum atomic E-state index is -3.51. The number of aromatic hydroxyl groups is 1. The van der Waals surface area contributed by atoms with Gasteiger partial charge in [0.05, 0.1) is 11.0 Å². The molecule has 0 aromatic heterocycles. The maximum absolute atomic E-state index is 12.4. The van der Waals surface area contributed by atoms with E-state index in [4.69, 9.17) is 0 Å². The smallest absolute Gasteiger partial charge is 0.243 e. The van der Waals surface area contributed by atoms with Crippen molar-refractivity contribution in [2.24, 2.45) is 11.8 Å². The van der Waals surface area contributed by atoms with Crippen molar-refractivity contribution in [3.05, 3.63) is 24.3 Å². The lowest BCUT2D eigenvalue weighted by molar-refractivity contribution is 0.129. The van der Waals surface area contributed by atoms with Crippen molar-refractivity contribution in [3.8, 4) is 5.75 Å². The van der Waals surface area contributed by atoms with E-state index in [2.05, 4.69) is 0 Å². The van der Waals surface area contributed by atoms with Gasteiger partial charge in [0.2, 0.25) is 10.0 Å². The summed E-state index contributed by atoms with van der Waals surface area (Å²) in [7, 11) is -3.51. The number of phenols is 1. The molecule has 3 atom stereocenters. The molecule has 2 fully saturated rings. The molecule has 1 heterocycles. The van der Waals surface area contributed by atoms with Gasteiger partial charge in [-0.25, -0.2) is 8.42 Å². The number of aliphatic hydroxyl groups excluding tert-OH is 1.